The van der Waals surface area contributed by atoms with Crippen LogP contribution < -0.4 is 10.1 Å². The summed E-state index contributed by atoms with van der Waals surface area (Å²) in [7, 11) is 1.60. The zero-order valence-electron chi connectivity index (χ0n) is 17.6. The molecule has 3 aromatic rings. The smallest absolute Gasteiger partial charge is 0.326 e. The Morgan fingerprint density at radius 3 is 2.44 bits per heavy atom. The summed E-state index contributed by atoms with van der Waals surface area (Å²) in [6, 6.07) is 15.8. The lowest BCUT2D eigenvalue weighted by atomic mass is 9.92. The number of carbonyl (C=O) groups is 3. The summed E-state index contributed by atoms with van der Waals surface area (Å²) in [5.74, 6) is -1.03. The van der Waals surface area contributed by atoms with E-state index in [1.165, 1.54) is 31.2 Å². The molecule has 0 aromatic heterocycles. The van der Waals surface area contributed by atoms with E-state index in [2.05, 4.69) is 5.32 Å². The fourth-order valence-electron chi connectivity index (χ4n) is 3.65. The van der Waals surface area contributed by atoms with Gasteiger partial charge in [-0.05, 0) is 59.2 Å². The maximum atomic E-state index is 13.2. The maximum Gasteiger partial charge on any atom is 0.326 e. The predicted molar refractivity (Wildman–Crippen MR) is 114 cm³/mol. The van der Waals surface area contributed by atoms with E-state index in [0.717, 1.165) is 27.0 Å². The molecule has 1 atom stereocenters. The normalized spacial score (nSPS) is 18.0. The standard InChI is InChI=1S/C24H21FN2O5/c1-24(18-6-8-19(25)9-7-18)22(29)27(23(30)26-24)13-21(28)32-14-15-3-4-17-12-20(31-2)10-5-16(17)11-15/h3-12H,13-14H2,1-2H3,(H,26,30). The molecule has 32 heavy (non-hydrogen) atoms. The van der Waals surface area contributed by atoms with Crippen LogP contribution in [0.3, 0.4) is 0 Å². The van der Waals surface area contributed by atoms with Crippen molar-refractivity contribution in [1.29, 1.82) is 0 Å². The van der Waals surface area contributed by atoms with Crippen molar-refractivity contribution in [3.8, 4) is 5.75 Å². The number of hydrogen-bond donors (Lipinski definition) is 1. The SMILES string of the molecule is COc1ccc2cc(COC(=O)CN3C(=O)NC(C)(c4ccc(F)cc4)C3=O)ccc2c1. The zero-order chi connectivity index (χ0) is 22.9. The predicted octanol–water partition coefficient (Wildman–Crippen LogP) is 3.50. The van der Waals surface area contributed by atoms with Gasteiger partial charge >= 0.3 is 12.0 Å². The molecular weight excluding hydrogens is 415 g/mol. The van der Waals surface area contributed by atoms with Crippen molar-refractivity contribution in [3.05, 3.63) is 77.6 Å². The third-order valence-corrected chi connectivity index (χ3v) is 5.50. The van der Waals surface area contributed by atoms with Crippen molar-refractivity contribution in [1.82, 2.24) is 10.2 Å². The van der Waals surface area contributed by atoms with E-state index in [4.69, 9.17) is 9.47 Å². The summed E-state index contributed by atoms with van der Waals surface area (Å²) in [5, 5.41) is 4.52. The first kappa shape index (κ1) is 21.3. The Morgan fingerprint density at radius 1 is 1.03 bits per heavy atom. The van der Waals surface area contributed by atoms with Gasteiger partial charge in [-0.25, -0.2) is 9.18 Å². The molecule has 0 radical (unpaired) electrons. The fraction of sp³-hybridized carbons (Fsp3) is 0.208. The summed E-state index contributed by atoms with van der Waals surface area (Å²) < 4.78 is 23.7. The van der Waals surface area contributed by atoms with Crippen molar-refractivity contribution < 1.29 is 28.2 Å². The lowest BCUT2D eigenvalue weighted by molar-refractivity contribution is -0.148. The molecule has 1 aliphatic rings. The van der Waals surface area contributed by atoms with Crippen LogP contribution in [-0.4, -0.2) is 36.5 Å². The Bertz CT molecular complexity index is 1210. The molecule has 3 amide bonds. The zero-order valence-corrected chi connectivity index (χ0v) is 17.6. The first-order valence-corrected chi connectivity index (χ1v) is 9.92. The van der Waals surface area contributed by atoms with Crippen molar-refractivity contribution in [2.75, 3.05) is 13.7 Å². The molecule has 0 bridgehead atoms. The van der Waals surface area contributed by atoms with E-state index in [9.17, 15) is 18.8 Å². The number of urea groups is 1. The van der Waals surface area contributed by atoms with Gasteiger partial charge in [-0.15, -0.1) is 0 Å². The molecule has 1 saturated heterocycles. The van der Waals surface area contributed by atoms with Gasteiger partial charge in [0.05, 0.1) is 7.11 Å². The van der Waals surface area contributed by atoms with Gasteiger partial charge in [0.25, 0.3) is 5.91 Å². The number of benzene rings is 3. The topological polar surface area (TPSA) is 84.9 Å². The van der Waals surface area contributed by atoms with Crippen LogP contribution in [0.1, 0.15) is 18.1 Å². The second-order valence-electron chi connectivity index (χ2n) is 7.66. The Hall–Kier alpha value is -3.94. The molecule has 0 spiro atoms. The van der Waals surface area contributed by atoms with Crippen molar-refractivity contribution in [2.45, 2.75) is 19.1 Å². The number of methoxy groups -OCH3 is 1. The number of hydrogen-bond acceptors (Lipinski definition) is 5. The molecule has 7 nitrogen and oxygen atoms in total. The van der Waals surface area contributed by atoms with Gasteiger partial charge < -0.3 is 14.8 Å². The van der Waals surface area contributed by atoms with Crippen LogP contribution in [0.5, 0.6) is 5.75 Å². The molecule has 1 N–H and O–H groups in total. The number of nitrogens with zero attached hydrogens (tertiary/aromatic N) is 1. The van der Waals surface area contributed by atoms with Gasteiger partial charge in [-0.1, -0.05) is 30.3 Å². The average Bonchev–Trinajstić information content (AvgIpc) is 3.01. The van der Waals surface area contributed by atoms with Crippen molar-refractivity contribution in [3.63, 3.8) is 0 Å². The summed E-state index contributed by atoms with van der Waals surface area (Å²) in [4.78, 5) is 38.4. The molecule has 8 heteroatoms. The quantitative estimate of drug-likeness (QED) is 0.472. The molecule has 1 unspecified atom stereocenters. The van der Waals surface area contributed by atoms with Gasteiger partial charge in [-0.3, -0.25) is 14.5 Å². The number of fused-ring (bicyclic) bond motifs is 1. The largest absolute Gasteiger partial charge is 0.497 e. The highest BCUT2D eigenvalue weighted by molar-refractivity contribution is 6.08. The van der Waals surface area contributed by atoms with Crippen molar-refractivity contribution >= 4 is 28.7 Å². The van der Waals surface area contributed by atoms with Crippen LogP contribution in [0.4, 0.5) is 9.18 Å². The molecule has 0 aliphatic carbocycles. The molecule has 4 rings (SSSR count). The number of halogens is 1. The Balaban J connectivity index is 1.40. The minimum absolute atomic E-state index is 0.000315. The third kappa shape index (κ3) is 3.99. The number of nitrogens with one attached hydrogen (secondary N) is 1. The van der Waals surface area contributed by atoms with E-state index in [1.807, 2.05) is 36.4 Å². The van der Waals surface area contributed by atoms with E-state index in [0.29, 0.717) is 5.56 Å². The lowest BCUT2D eigenvalue weighted by Crippen LogP contribution is -2.41. The minimum atomic E-state index is -1.38. The second kappa shape index (κ2) is 8.30. The Kier molecular flexibility index (Phi) is 5.52. The summed E-state index contributed by atoms with van der Waals surface area (Å²) in [6.07, 6.45) is 0. The third-order valence-electron chi connectivity index (χ3n) is 5.50. The van der Waals surface area contributed by atoms with Crippen LogP contribution in [0.25, 0.3) is 10.8 Å². The van der Waals surface area contributed by atoms with Gasteiger partial charge in [0.1, 0.15) is 30.3 Å². The summed E-state index contributed by atoms with van der Waals surface area (Å²) >= 11 is 0. The minimum Gasteiger partial charge on any atom is -0.497 e. The van der Waals surface area contributed by atoms with Gasteiger partial charge in [0, 0.05) is 0 Å². The fourth-order valence-corrected chi connectivity index (χ4v) is 3.65. The van der Waals surface area contributed by atoms with Gasteiger partial charge in [0.15, 0.2) is 0 Å². The van der Waals surface area contributed by atoms with Crippen LogP contribution in [0, 0.1) is 5.82 Å². The first-order chi connectivity index (χ1) is 15.3. The summed E-state index contributed by atoms with van der Waals surface area (Å²) in [5.41, 5.74) is -0.199. The van der Waals surface area contributed by atoms with Crippen LogP contribution >= 0.6 is 0 Å². The molecular formula is C24H21FN2O5. The van der Waals surface area contributed by atoms with E-state index >= 15 is 0 Å². The Labute approximate surface area is 183 Å². The second-order valence-corrected chi connectivity index (χ2v) is 7.66. The highest BCUT2D eigenvalue weighted by Crippen LogP contribution is 2.29. The van der Waals surface area contributed by atoms with Gasteiger partial charge in [-0.2, -0.15) is 0 Å². The summed E-state index contributed by atoms with van der Waals surface area (Å²) in [6.45, 7) is 0.988. The lowest BCUT2D eigenvalue weighted by Gasteiger charge is -2.22. The molecule has 164 valence electrons. The first-order valence-electron chi connectivity index (χ1n) is 9.92. The number of carbonyl (C=O) groups excluding carboxylic acids is 3. The highest BCUT2D eigenvalue weighted by atomic mass is 19.1. The highest BCUT2D eigenvalue weighted by Gasteiger charge is 2.49. The molecule has 1 fully saturated rings. The number of rotatable bonds is 6. The monoisotopic (exact) mass is 436 g/mol. The Morgan fingerprint density at radius 2 is 1.72 bits per heavy atom. The number of amides is 3. The van der Waals surface area contributed by atoms with Crippen LogP contribution in [0.2, 0.25) is 0 Å². The number of esters is 1. The molecule has 0 saturated carbocycles. The van der Waals surface area contributed by atoms with E-state index < -0.39 is 35.8 Å². The molecule has 1 heterocycles. The van der Waals surface area contributed by atoms with Crippen molar-refractivity contribution in [2.24, 2.45) is 0 Å². The number of ether oxygens (including phenoxy) is 2. The van der Waals surface area contributed by atoms with Crippen LogP contribution in [0.15, 0.2) is 60.7 Å². The number of imide groups is 1. The molecule has 1 aliphatic heterocycles. The van der Waals surface area contributed by atoms with Gasteiger partial charge in [0.2, 0.25) is 0 Å². The van der Waals surface area contributed by atoms with Crippen LogP contribution in [-0.2, 0) is 26.5 Å². The maximum absolute atomic E-state index is 13.2. The van der Waals surface area contributed by atoms with E-state index in [1.54, 1.807) is 7.11 Å². The molecule has 3 aromatic carbocycles. The van der Waals surface area contributed by atoms with E-state index in [-0.39, 0.29) is 6.61 Å². The average molecular weight is 436 g/mol.